The summed E-state index contributed by atoms with van der Waals surface area (Å²) in [5.74, 6) is 0.619. The van der Waals surface area contributed by atoms with Gasteiger partial charge in [0.05, 0.1) is 6.10 Å². The number of ether oxygens (including phenoxy) is 1. The van der Waals surface area contributed by atoms with Crippen molar-refractivity contribution in [3.63, 3.8) is 0 Å². The summed E-state index contributed by atoms with van der Waals surface area (Å²) in [5.41, 5.74) is 1.09. The zero-order valence-corrected chi connectivity index (χ0v) is 7.92. The van der Waals surface area contributed by atoms with E-state index >= 15 is 0 Å². The molecule has 0 aromatic carbocycles. The van der Waals surface area contributed by atoms with Crippen LogP contribution in [0.1, 0.15) is 26.7 Å². The molecule has 1 atom stereocenters. The molecule has 1 rings (SSSR count). The van der Waals surface area contributed by atoms with Crippen molar-refractivity contribution < 1.29 is 9.84 Å². The number of allylic oxidation sites excluding steroid dienone is 1. The molecule has 12 heavy (non-hydrogen) atoms. The summed E-state index contributed by atoms with van der Waals surface area (Å²) >= 11 is 0. The Kier molecular flexibility index (Phi) is 3.76. The van der Waals surface area contributed by atoms with E-state index in [9.17, 15) is 5.11 Å². The smallest absolute Gasteiger partial charge is 0.0719 e. The van der Waals surface area contributed by atoms with E-state index in [-0.39, 0.29) is 6.10 Å². The topological polar surface area (TPSA) is 29.5 Å². The van der Waals surface area contributed by atoms with Crippen molar-refractivity contribution >= 4 is 0 Å². The van der Waals surface area contributed by atoms with Crippen LogP contribution in [0.15, 0.2) is 11.6 Å². The van der Waals surface area contributed by atoms with Crippen LogP contribution in [0, 0.1) is 5.92 Å². The van der Waals surface area contributed by atoms with Gasteiger partial charge in [-0.25, -0.2) is 0 Å². The Bertz CT molecular complexity index is 155. The Morgan fingerprint density at radius 1 is 1.50 bits per heavy atom. The summed E-state index contributed by atoms with van der Waals surface area (Å²) in [6, 6.07) is 0. The molecule has 2 nitrogen and oxygen atoms in total. The minimum absolute atomic E-state index is 0.298. The summed E-state index contributed by atoms with van der Waals surface area (Å²) in [5, 5.41) is 9.25. The molecule has 2 heteroatoms. The van der Waals surface area contributed by atoms with Crippen LogP contribution in [-0.2, 0) is 4.74 Å². The largest absolute Gasteiger partial charge is 0.389 e. The van der Waals surface area contributed by atoms with Crippen molar-refractivity contribution in [3.8, 4) is 0 Å². The third-order valence-electron chi connectivity index (χ3n) is 2.42. The van der Waals surface area contributed by atoms with Gasteiger partial charge in [-0.15, -0.1) is 0 Å². The lowest BCUT2D eigenvalue weighted by molar-refractivity contribution is 0.0779. The first kappa shape index (κ1) is 9.75. The molecule has 1 heterocycles. The third kappa shape index (κ3) is 2.95. The van der Waals surface area contributed by atoms with E-state index in [0.717, 1.165) is 31.6 Å². The molecule has 0 saturated carbocycles. The lowest BCUT2D eigenvalue weighted by atomic mass is 9.96. The molecule has 1 unspecified atom stereocenters. The molecule has 0 spiro atoms. The SMILES string of the molecule is CC(=CC1CCOCC1)C(C)O. The van der Waals surface area contributed by atoms with Gasteiger partial charge >= 0.3 is 0 Å². The number of hydrogen-bond acceptors (Lipinski definition) is 2. The van der Waals surface area contributed by atoms with Gasteiger partial charge in [-0.2, -0.15) is 0 Å². The first-order valence-corrected chi connectivity index (χ1v) is 4.64. The molecule has 1 fully saturated rings. The number of hydrogen-bond donors (Lipinski definition) is 1. The van der Waals surface area contributed by atoms with E-state index in [1.54, 1.807) is 0 Å². The van der Waals surface area contributed by atoms with Gasteiger partial charge in [0.25, 0.3) is 0 Å². The predicted molar refractivity (Wildman–Crippen MR) is 49.0 cm³/mol. The molecule has 0 aromatic rings. The van der Waals surface area contributed by atoms with Crippen LogP contribution < -0.4 is 0 Å². The highest BCUT2D eigenvalue weighted by atomic mass is 16.5. The van der Waals surface area contributed by atoms with Crippen LogP contribution in [0.4, 0.5) is 0 Å². The Morgan fingerprint density at radius 3 is 2.58 bits per heavy atom. The second kappa shape index (κ2) is 4.63. The van der Waals surface area contributed by atoms with Crippen molar-refractivity contribution in [2.45, 2.75) is 32.8 Å². The highest BCUT2D eigenvalue weighted by molar-refractivity contribution is 5.05. The molecule has 70 valence electrons. The van der Waals surface area contributed by atoms with Gasteiger partial charge in [0.1, 0.15) is 0 Å². The Morgan fingerprint density at radius 2 is 2.08 bits per heavy atom. The third-order valence-corrected chi connectivity index (χ3v) is 2.42. The van der Waals surface area contributed by atoms with E-state index in [2.05, 4.69) is 6.08 Å². The highest BCUT2D eigenvalue weighted by Crippen LogP contribution is 2.18. The Labute approximate surface area is 74.2 Å². The quantitative estimate of drug-likeness (QED) is 0.640. The van der Waals surface area contributed by atoms with Gasteiger partial charge in [-0.1, -0.05) is 6.08 Å². The fourth-order valence-electron chi connectivity index (χ4n) is 1.39. The fraction of sp³-hybridized carbons (Fsp3) is 0.800. The molecule has 1 N–H and O–H groups in total. The first-order valence-electron chi connectivity index (χ1n) is 4.64. The minimum Gasteiger partial charge on any atom is -0.389 e. The fourth-order valence-corrected chi connectivity index (χ4v) is 1.39. The summed E-state index contributed by atoms with van der Waals surface area (Å²) in [6.45, 7) is 5.54. The van der Waals surface area contributed by atoms with E-state index in [4.69, 9.17) is 4.74 Å². The van der Waals surface area contributed by atoms with Crippen molar-refractivity contribution in [2.75, 3.05) is 13.2 Å². The average Bonchev–Trinajstić information content (AvgIpc) is 2.06. The van der Waals surface area contributed by atoms with E-state index < -0.39 is 0 Å². The molecule has 0 radical (unpaired) electrons. The molecule has 0 bridgehead atoms. The molecule has 0 amide bonds. The molecule has 1 aliphatic heterocycles. The Hall–Kier alpha value is -0.340. The van der Waals surface area contributed by atoms with E-state index in [1.807, 2.05) is 13.8 Å². The van der Waals surface area contributed by atoms with Gasteiger partial charge < -0.3 is 9.84 Å². The first-order chi connectivity index (χ1) is 5.70. The van der Waals surface area contributed by atoms with Crippen molar-refractivity contribution in [1.82, 2.24) is 0 Å². The summed E-state index contributed by atoms with van der Waals surface area (Å²) in [7, 11) is 0. The number of aliphatic hydroxyl groups is 1. The Balaban J connectivity index is 2.41. The molecular weight excluding hydrogens is 152 g/mol. The standard InChI is InChI=1S/C10H18O2/c1-8(9(2)11)7-10-3-5-12-6-4-10/h7,9-11H,3-6H2,1-2H3. The van der Waals surface area contributed by atoms with Gasteiger partial charge in [-0.3, -0.25) is 0 Å². The van der Waals surface area contributed by atoms with Crippen LogP contribution in [-0.4, -0.2) is 24.4 Å². The van der Waals surface area contributed by atoms with Gasteiger partial charge in [0.2, 0.25) is 0 Å². The highest BCUT2D eigenvalue weighted by Gasteiger charge is 2.11. The monoisotopic (exact) mass is 170 g/mol. The van der Waals surface area contributed by atoms with Crippen LogP contribution in [0.25, 0.3) is 0 Å². The molecule has 0 aromatic heterocycles. The zero-order valence-electron chi connectivity index (χ0n) is 7.92. The normalized spacial score (nSPS) is 24.1. The maximum absolute atomic E-state index is 9.25. The molecule has 1 aliphatic rings. The van der Waals surface area contributed by atoms with Gasteiger partial charge in [-0.05, 0) is 38.2 Å². The van der Waals surface area contributed by atoms with Gasteiger partial charge in [0, 0.05) is 13.2 Å². The predicted octanol–water partition coefficient (Wildman–Crippen LogP) is 1.74. The van der Waals surface area contributed by atoms with Crippen molar-refractivity contribution in [1.29, 1.82) is 0 Å². The van der Waals surface area contributed by atoms with E-state index in [1.165, 1.54) is 0 Å². The average molecular weight is 170 g/mol. The lowest BCUT2D eigenvalue weighted by Gasteiger charge is -2.20. The second-order valence-electron chi connectivity index (χ2n) is 3.54. The summed E-state index contributed by atoms with van der Waals surface area (Å²) in [4.78, 5) is 0. The van der Waals surface area contributed by atoms with Crippen LogP contribution in [0.3, 0.4) is 0 Å². The maximum Gasteiger partial charge on any atom is 0.0719 e. The van der Waals surface area contributed by atoms with Crippen LogP contribution in [0.5, 0.6) is 0 Å². The minimum atomic E-state index is -0.298. The zero-order chi connectivity index (χ0) is 8.97. The molecular formula is C10H18O2. The lowest BCUT2D eigenvalue weighted by Crippen LogP contribution is -2.15. The molecule has 0 aliphatic carbocycles. The van der Waals surface area contributed by atoms with Crippen LogP contribution in [0.2, 0.25) is 0 Å². The molecule has 1 saturated heterocycles. The van der Waals surface area contributed by atoms with E-state index in [0.29, 0.717) is 5.92 Å². The summed E-state index contributed by atoms with van der Waals surface area (Å²) < 4.78 is 5.25. The van der Waals surface area contributed by atoms with Crippen molar-refractivity contribution in [2.24, 2.45) is 5.92 Å². The van der Waals surface area contributed by atoms with Gasteiger partial charge in [0.15, 0.2) is 0 Å². The van der Waals surface area contributed by atoms with Crippen molar-refractivity contribution in [3.05, 3.63) is 11.6 Å². The number of aliphatic hydroxyl groups excluding tert-OH is 1. The second-order valence-corrected chi connectivity index (χ2v) is 3.54. The summed E-state index contributed by atoms with van der Waals surface area (Å²) in [6.07, 6.45) is 4.09. The maximum atomic E-state index is 9.25. The van der Waals surface area contributed by atoms with Crippen LogP contribution >= 0.6 is 0 Å². The number of rotatable bonds is 2.